The summed E-state index contributed by atoms with van der Waals surface area (Å²) < 4.78 is 10.5. The van der Waals surface area contributed by atoms with Crippen molar-refractivity contribution in [2.75, 3.05) is 13.7 Å². The molecule has 0 spiro atoms. The highest BCUT2D eigenvalue weighted by Gasteiger charge is 2.10. The van der Waals surface area contributed by atoms with Gasteiger partial charge in [-0.15, -0.1) is 0 Å². The van der Waals surface area contributed by atoms with Crippen LogP contribution in [0.5, 0.6) is 5.75 Å². The number of para-hydroxylation sites is 1. The molecule has 1 aromatic rings. The van der Waals surface area contributed by atoms with Crippen molar-refractivity contribution in [3.8, 4) is 5.75 Å². The summed E-state index contributed by atoms with van der Waals surface area (Å²) in [5, 5.41) is 0. The lowest BCUT2D eigenvalue weighted by Gasteiger charge is -2.16. The van der Waals surface area contributed by atoms with E-state index in [9.17, 15) is 4.79 Å². The normalized spacial score (nSPS) is 12.0. The maximum absolute atomic E-state index is 11.0. The van der Waals surface area contributed by atoms with E-state index in [-0.39, 0.29) is 12.0 Å². The van der Waals surface area contributed by atoms with Crippen molar-refractivity contribution >= 4 is 5.97 Å². The monoisotopic (exact) mass is 279 g/mol. The molecule has 4 heteroatoms. The van der Waals surface area contributed by atoms with Gasteiger partial charge in [-0.05, 0) is 37.3 Å². The maximum atomic E-state index is 11.0. The van der Waals surface area contributed by atoms with Crippen LogP contribution in [0.4, 0.5) is 0 Å². The fraction of sp³-hybridized carbons (Fsp3) is 0.562. The molecule has 0 bridgehead atoms. The zero-order valence-corrected chi connectivity index (χ0v) is 12.6. The van der Waals surface area contributed by atoms with Crippen LogP contribution >= 0.6 is 0 Å². The van der Waals surface area contributed by atoms with Crippen LogP contribution in [0, 0.1) is 6.92 Å². The van der Waals surface area contributed by atoms with Crippen molar-refractivity contribution in [2.24, 2.45) is 5.73 Å². The van der Waals surface area contributed by atoms with Crippen LogP contribution in [0.25, 0.3) is 0 Å². The van der Waals surface area contributed by atoms with Crippen LogP contribution in [0.15, 0.2) is 18.2 Å². The van der Waals surface area contributed by atoms with Gasteiger partial charge in [-0.1, -0.05) is 25.1 Å². The molecule has 112 valence electrons. The number of rotatable bonds is 8. The number of nitrogens with two attached hydrogens (primary N) is 1. The highest BCUT2D eigenvalue weighted by molar-refractivity contribution is 5.69. The quantitative estimate of drug-likeness (QED) is 0.587. The lowest BCUT2D eigenvalue weighted by atomic mass is 10.0. The number of carbonyl (C=O) groups excluding carboxylic acids is 1. The minimum absolute atomic E-state index is 0.147. The molecule has 1 atom stereocenters. The zero-order valence-electron chi connectivity index (χ0n) is 12.6. The molecule has 20 heavy (non-hydrogen) atoms. The number of aryl methyl sites for hydroxylation is 1. The minimum atomic E-state index is -0.202. The van der Waals surface area contributed by atoms with Gasteiger partial charge in [-0.2, -0.15) is 0 Å². The Morgan fingerprint density at radius 1 is 1.40 bits per heavy atom. The molecule has 0 radical (unpaired) electrons. The van der Waals surface area contributed by atoms with E-state index in [0.29, 0.717) is 19.4 Å². The number of esters is 1. The Morgan fingerprint density at radius 2 is 2.15 bits per heavy atom. The van der Waals surface area contributed by atoms with Gasteiger partial charge in [0.15, 0.2) is 0 Å². The Kier molecular flexibility index (Phi) is 7.09. The third-order valence-electron chi connectivity index (χ3n) is 3.30. The Hall–Kier alpha value is -1.55. The van der Waals surface area contributed by atoms with Crippen molar-refractivity contribution in [3.05, 3.63) is 29.3 Å². The van der Waals surface area contributed by atoms with Crippen LogP contribution in [-0.2, 0) is 16.0 Å². The van der Waals surface area contributed by atoms with E-state index in [0.717, 1.165) is 29.7 Å². The SMILES string of the molecule is CCC(N)Cc1cccc(C)c1OCCCC(=O)OC. The predicted octanol–water partition coefficient (Wildman–Crippen LogP) is 2.61. The number of hydrogen-bond donors (Lipinski definition) is 1. The number of hydrogen-bond acceptors (Lipinski definition) is 4. The molecule has 1 unspecified atom stereocenters. The largest absolute Gasteiger partial charge is 0.493 e. The van der Waals surface area contributed by atoms with Crippen molar-refractivity contribution < 1.29 is 14.3 Å². The Balaban J connectivity index is 2.61. The van der Waals surface area contributed by atoms with Crippen LogP contribution in [-0.4, -0.2) is 25.7 Å². The molecule has 0 heterocycles. The molecule has 0 amide bonds. The molecule has 2 N–H and O–H groups in total. The van der Waals surface area contributed by atoms with Crippen molar-refractivity contribution in [1.82, 2.24) is 0 Å². The molecule has 4 nitrogen and oxygen atoms in total. The molecule has 0 aliphatic carbocycles. The van der Waals surface area contributed by atoms with Gasteiger partial charge in [-0.3, -0.25) is 4.79 Å². The fourth-order valence-corrected chi connectivity index (χ4v) is 2.00. The highest BCUT2D eigenvalue weighted by Crippen LogP contribution is 2.25. The summed E-state index contributed by atoms with van der Waals surface area (Å²) in [6.07, 6.45) is 2.78. The van der Waals surface area contributed by atoms with E-state index in [1.807, 2.05) is 19.1 Å². The average molecular weight is 279 g/mol. The molecule has 0 saturated carbocycles. The molecule has 1 aromatic carbocycles. The Labute approximate surface area is 121 Å². The van der Waals surface area contributed by atoms with E-state index in [4.69, 9.17) is 10.5 Å². The van der Waals surface area contributed by atoms with Gasteiger partial charge in [0.05, 0.1) is 13.7 Å². The second-order valence-corrected chi connectivity index (χ2v) is 4.96. The van der Waals surface area contributed by atoms with E-state index in [1.165, 1.54) is 7.11 Å². The Morgan fingerprint density at radius 3 is 2.80 bits per heavy atom. The molecular formula is C16H25NO3. The van der Waals surface area contributed by atoms with Crippen LogP contribution in [0.3, 0.4) is 0 Å². The van der Waals surface area contributed by atoms with Gasteiger partial charge >= 0.3 is 5.97 Å². The second-order valence-electron chi connectivity index (χ2n) is 4.96. The first-order valence-electron chi connectivity index (χ1n) is 7.12. The maximum Gasteiger partial charge on any atom is 0.305 e. The van der Waals surface area contributed by atoms with Crippen LogP contribution in [0.2, 0.25) is 0 Å². The van der Waals surface area contributed by atoms with Crippen LogP contribution < -0.4 is 10.5 Å². The van der Waals surface area contributed by atoms with Crippen molar-refractivity contribution in [3.63, 3.8) is 0 Å². The molecule has 0 aliphatic heterocycles. The zero-order chi connectivity index (χ0) is 15.0. The highest BCUT2D eigenvalue weighted by atomic mass is 16.5. The first kappa shape index (κ1) is 16.5. The van der Waals surface area contributed by atoms with Gasteiger partial charge in [0.1, 0.15) is 5.75 Å². The third-order valence-corrected chi connectivity index (χ3v) is 3.30. The first-order chi connectivity index (χ1) is 9.58. The van der Waals surface area contributed by atoms with Crippen molar-refractivity contribution in [2.45, 2.75) is 45.6 Å². The smallest absolute Gasteiger partial charge is 0.305 e. The summed E-state index contributed by atoms with van der Waals surface area (Å²) >= 11 is 0. The summed E-state index contributed by atoms with van der Waals surface area (Å²) in [7, 11) is 1.40. The first-order valence-corrected chi connectivity index (χ1v) is 7.12. The summed E-state index contributed by atoms with van der Waals surface area (Å²) in [6.45, 7) is 4.61. The van der Waals surface area contributed by atoms with Gasteiger partial charge in [0.25, 0.3) is 0 Å². The molecule has 0 aromatic heterocycles. The molecule has 0 fully saturated rings. The van der Waals surface area contributed by atoms with Gasteiger partial charge < -0.3 is 15.2 Å². The minimum Gasteiger partial charge on any atom is -0.493 e. The molecule has 1 rings (SSSR count). The third kappa shape index (κ3) is 5.21. The van der Waals surface area contributed by atoms with E-state index in [1.54, 1.807) is 0 Å². The molecule has 0 saturated heterocycles. The summed E-state index contributed by atoms with van der Waals surface area (Å²) in [5.74, 6) is 0.702. The number of ether oxygens (including phenoxy) is 2. The topological polar surface area (TPSA) is 61.5 Å². The summed E-state index contributed by atoms with van der Waals surface area (Å²) in [4.78, 5) is 11.0. The lowest BCUT2D eigenvalue weighted by molar-refractivity contribution is -0.140. The van der Waals surface area contributed by atoms with Gasteiger partial charge in [-0.25, -0.2) is 0 Å². The second kappa shape index (κ2) is 8.59. The van der Waals surface area contributed by atoms with Gasteiger partial charge in [0.2, 0.25) is 0 Å². The predicted molar refractivity (Wildman–Crippen MR) is 79.9 cm³/mol. The molecule has 0 aliphatic rings. The molecular weight excluding hydrogens is 254 g/mol. The number of carbonyl (C=O) groups is 1. The Bertz CT molecular complexity index is 432. The van der Waals surface area contributed by atoms with Gasteiger partial charge in [0, 0.05) is 12.5 Å². The van der Waals surface area contributed by atoms with E-state index in [2.05, 4.69) is 17.7 Å². The standard InChI is InChI=1S/C16H25NO3/c1-4-14(17)11-13-8-5-7-12(2)16(13)20-10-6-9-15(18)19-3/h5,7-8,14H,4,6,9-11,17H2,1-3H3. The lowest BCUT2D eigenvalue weighted by Crippen LogP contribution is -2.22. The summed E-state index contributed by atoms with van der Waals surface area (Å²) in [5.41, 5.74) is 8.26. The van der Waals surface area contributed by atoms with E-state index < -0.39 is 0 Å². The summed E-state index contributed by atoms with van der Waals surface area (Å²) in [6, 6.07) is 6.25. The van der Waals surface area contributed by atoms with Crippen LogP contribution in [0.1, 0.15) is 37.3 Å². The number of methoxy groups -OCH3 is 1. The average Bonchev–Trinajstić information content (AvgIpc) is 2.45. The van der Waals surface area contributed by atoms with E-state index >= 15 is 0 Å². The van der Waals surface area contributed by atoms with Crippen molar-refractivity contribution in [1.29, 1.82) is 0 Å². The number of benzene rings is 1. The fourth-order valence-electron chi connectivity index (χ4n) is 2.00.